The Morgan fingerprint density at radius 3 is 2.85 bits per heavy atom. The number of hydrogen-bond acceptors (Lipinski definition) is 6. The fourth-order valence-electron chi connectivity index (χ4n) is 4.55. The number of esters is 1. The Morgan fingerprint density at radius 1 is 1.54 bits per heavy atom. The third-order valence-electron chi connectivity index (χ3n) is 6.64. The zero-order valence-electron chi connectivity index (χ0n) is 15.7. The lowest BCUT2D eigenvalue weighted by molar-refractivity contribution is -0.153. The van der Waals surface area contributed by atoms with Crippen LogP contribution in [-0.4, -0.2) is 27.4 Å². The first-order chi connectivity index (χ1) is 12.2. The van der Waals surface area contributed by atoms with Crippen LogP contribution in [0.5, 0.6) is 0 Å². The Balaban J connectivity index is 1.66. The molecule has 2 aliphatic rings. The van der Waals surface area contributed by atoms with Crippen LogP contribution in [0.4, 0.5) is 5.82 Å². The lowest BCUT2D eigenvalue weighted by Crippen LogP contribution is -2.38. The smallest absolute Gasteiger partial charge is 0.316 e. The number of thioether (sulfide) groups is 1. The molecule has 26 heavy (non-hydrogen) atoms. The molecule has 0 radical (unpaired) electrons. The molecule has 2 N–H and O–H groups in total. The highest BCUT2D eigenvalue weighted by molar-refractivity contribution is 7.99. The van der Waals surface area contributed by atoms with Crippen molar-refractivity contribution in [2.45, 2.75) is 57.8 Å². The van der Waals surface area contributed by atoms with Crippen LogP contribution in [0.3, 0.4) is 0 Å². The number of rotatable bonds is 6. The van der Waals surface area contributed by atoms with Gasteiger partial charge >= 0.3 is 5.97 Å². The maximum absolute atomic E-state index is 12.4. The van der Waals surface area contributed by atoms with E-state index in [4.69, 9.17) is 10.5 Å². The van der Waals surface area contributed by atoms with Gasteiger partial charge in [-0.15, -0.1) is 6.58 Å². The summed E-state index contributed by atoms with van der Waals surface area (Å²) in [6.45, 7) is 10.9. The largest absolute Gasteiger partial charge is 0.461 e. The van der Waals surface area contributed by atoms with Gasteiger partial charge < -0.3 is 15.0 Å². The van der Waals surface area contributed by atoms with Crippen molar-refractivity contribution in [2.24, 2.45) is 16.7 Å². The van der Waals surface area contributed by atoms with Gasteiger partial charge in [0.2, 0.25) is 0 Å². The molecule has 7 heteroatoms. The highest BCUT2D eigenvalue weighted by Gasteiger charge is 2.62. The molecule has 2 fully saturated rings. The third-order valence-corrected chi connectivity index (χ3v) is 7.59. The SMILES string of the molecule is C=CCn1c(N)cc(=O)nc1SCC(=O)O[C@H]1C[C@@H]2CC[C@@]1(C)C2(C)C. The van der Waals surface area contributed by atoms with Crippen LogP contribution in [0.2, 0.25) is 0 Å². The van der Waals surface area contributed by atoms with Crippen LogP contribution >= 0.6 is 11.8 Å². The molecule has 142 valence electrons. The number of ether oxygens (including phenoxy) is 1. The molecule has 0 unspecified atom stereocenters. The summed E-state index contributed by atoms with van der Waals surface area (Å²) in [5, 5.41) is 0.409. The zero-order chi connectivity index (χ0) is 19.1. The van der Waals surface area contributed by atoms with Gasteiger partial charge in [0.1, 0.15) is 11.9 Å². The van der Waals surface area contributed by atoms with Crippen LogP contribution in [0, 0.1) is 16.7 Å². The topological polar surface area (TPSA) is 87.2 Å². The van der Waals surface area contributed by atoms with Gasteiger partial charge in [0.25, 0.3) is 5.56 Å². The van der Waals surface area contributed by atoms with E-state index < -0.39 is 5.56 Å². The third kappa shape index (κ3) is 3.06. The van der Waals surface area contributed by atoms with Gasteiger partial charge in [-0.05, 0) is 30.6 Å². The minimum Gasteiger partial charge on any atom is -0.461 e. The normalized spacial score (nSPS) is 28.9. The molecule has 2 bridgehead atoms. The first-order valence-corrected chi connectivity index (χ1v) is 9.98. The van der Waals surface area contributed by atoms with Gasteiger partial charge in [-0.25, -0.2) is 0 Å². The first kappa shape index (κ1) is 19.0. The predicted molar refractivity (Wildman–Crippen MR) is 103 cm³/mol. The number of aromatic nitrogens is 2. The molecule has 1 heterocycles. The van der Waals surface area contributed by atoms with E-state index in [1.54, 1.807) is 10.6 Å². The molecular weight excluding hydrogens is 350 g/mol. The molecule has 0 saturated heterocycles. The van der Waals surface area contributed by atoms with Crippen molar-refractivity contribution in [1.29, 1.82) is 0 Å². The van der Waals surface area contributed by atoms with Gasteiger partial charge in [0, 0.05) is 18.0 Å². The van der Waals surface area contributed by atoms with Gasteiger partial charge in [0.05, 0.1) is 5.75 Å². The second kappa shape index (κ2) is 6.76. The van der Waals surface area contributed by atoms with E-state index in [0.29, 0.717) is 23.4 Å². The lowest BCUT2D eigenvalue weighted by atomic mass is 9.70. The molecule has 0 amide bonds. The average molecular weight is 378 g/mol. The number of nitrogens with zero attached hydrogens (tertiary/aromatic N) is 2. The number of hydrogen-bond donors (Lipinski definition) is 1. The summed E-state index contributed by atoms with van der Waals surface area (Å²) < 4.78 is 7.50. The van der Waals surface area contributed by atoms with Gasteiger partial charge in [-0.2, -0.15) is 4.98 Å². The van der Waals surface area contributed by atoms with Crippen LogP contribution in [0.1, 0.15) is 40.0 Å². The van der Waals surface area contributed by atoms with Crippen LogP contribution in [0.15, 0.2) is 28.7 Å². The van der Waals surface area contributed by atoms with E-state index in [2.05, 4.69) is 32.3 Å². The molecule has 0 spiro atoms. The minimum absolute atomic E-state index is 0.0338. The van der Waals surface area contributed by atoms with E-state index >= 15 is 0 Å². The highest BCUT2D eigenvalue weighted by atomic mass is 32.2. The molecular formula is C19H27N3O3S. The monoisotopic (exact) mass is 377 g/mol. The summed E-state index contributed by atoms with van der Waals surface area (Å²) >= 11 is 1.18. The Morgan fingerprint density at radius 2 is 2.27 bits per heavy atom. The number of allylic oxidation sites excluding steroid dienone is 1. The van der Waals surface area contributed by atoms with E-state index in [-0.39, 0.29) is 28.7 Å². The van der Waals surface area contributed by atoms with Crippen molar-refractivity contribution >= 4 is 23.5 Å². The number of anilines is 1. The van der Waals surface area contributed by atoms with Crippen molar-refractivity contribution in [1.82, 2.24) is 9.55 Å². The molecule has 1 aromatic rings. The molecule has 3 atom stereocenters. The second-order valence-corrected chi connectivity index (χ2v) is 9.02. The van der Waals surface area contributed by atoms with E-state index in [1.165, 1.54) is 24.2 Å². The summed E-state index contributed by atoms with van der Waals surface area (Å²) in [4.78, 5) is 28.0. The van der Waals surface area contributed by atoms with Crippen molar-refractivity contribution in [3.8, 4) is 0 Å². The van der Waals surface area contributed by atoms with Crippen LogP contribution in [0.25, 0.3) is 0 Å². The molecule has 0 aromatic carbocycles. The maximum atomic E-state index is 12.4. The van der Waals surface area contributed by atoms with E-state index in [0.717, 1.165) is 12.8 Å². The Hall–Kier alpha value is -1.76. The number of nitrogens with two attached hydrogens (primary N) is 1. The zero-order valence-corrected chi connectivity index (χ0v) is 16.5. The van der Waals surface area contributed by atoms with Gasteiger partial charge in [-0.3, -0.25) is 9.59 Å². The summed E-state index contributed by atoms with van der Waals surface area (Å²) in [6.07, 6.45) is 4.90. The average Bonchev–Trinajstić information content (AvgIpc) is 2.89. The molecule has 2 saturated carbocycles. The fraction of sp³-hybridized carbons (Fsp3) is 0.632. The number of carbonyl (C=O) groups is 1. The first-order valence-electron chi connectivity index (χ1n) is 8.99. The molecule has 6 nitrogen and oxygen atoms in total. The summed E-state index contributed by atoms with van der Waals surface area (Å²) in [5.74, 6) is 0.755. The van der Waals surface area contributed by atoms with Crippen molar-refractivity contribution in [3.05, 3.63) is 29.1 Å². The summed E-state index contributed by atoms with van der Waals surface area (Å²) in [6, 6.07) is 1.27. The molecule has 1 aromatic heterocycles. The quantitative estimate of drug-likeness (QED) is 0.355. The van der Waals surface area contributed by atoms with Gasteiger partial charge in [0.15, 0.2) is 5.16 Å². The molecule has 0 aliphatic heterocycles. The van der Waals surface area contributed by atoms with Crippen molar-refractivity contribution < 1.29 is 9.53 Å². The highest BCUT2D eigenvalue weighted by Crippen LogP contribution is 2.66. The summed E-state index contributed by atoms with van der Waals surface area (Å²) in [5.41, 5.74) is 5.70. The van der Waals surface area contributed by atoms with Crippen molar-refractivity contribution in [3.63, 3.8) is 0 Å². The van der Waals surface area contributed by atoms with E-state index in [1.807, 2.05) is 0 Å². The fourth-order valence-corrected chi connectivity index (χ4v) is 5.35. The van der Waals surface area contributed by atoms with Gasteiger partial charge in [-0.1, -0.05) is 38.6 Å². The number of nitrogen functional groups attached to an aromatic ring is 1. The number of fused-ring (bicyclic) bond motifs is 2. The predicted octanol–water partition coefficient (Wildman–Crippen LogP) is 2.86. The van der Waals surface area contributed by atoms with E-state index in [9.17, 15) is 9.59 Å². The Kier molecular flexibility index (Phi) is 4.94. The molecule has 2 aliphatic carbocycles. The summed E-state index contributed by atoms with van der Waals surface area (Å²) in [7, 11) is 0. The molecule has 3 rings (SSSR count). The Bertz CT molecular complexity index is 789. The van der Waals surface area contributed by atoms with Crippen molar-refractivity contribution in [2.75, 3.05) is 11.5 Å². The second-order valence-electron chi connectivity index (χ2n) is 8.08. The van der Waals surface area contributed by atoms with Crippen LogP contribution in [-0.2, 0) is 16.1 Å². The minimum atomic E-state index is -0.416. The van der Waals surface area contributed by atoms with Crippen LogP contribution < -0.4 is 11.3 Å². The maximum Gasteiger partial charge on any atom is 0.316 e. The Labute approximate surface area is 158 Å². The lowest BCUT2D eigenvalue weighted by Gasteiger charge is -2.38. The standard InChI is InChI=1S/C19H27N3O3S/c1-5-8-22-14(20)10-15(23)21-17(22)26-11-16(24)25-13-9-12-6-7-19(13,4)18(12,2)3/h5,10,12-13H,1,6-9,11,20H2,2-4H3/t12-,13-,19+/m0/s1. The number of carbonyl (C=O) groups excluding carboxylic acids is 1.